The third-order valence-corrected chi connectivity index (χ3v) is 19.4. The number of aromatic nitrogens is 3. The zero-order chi connectivity index (χ0) is 88.7. The zero-order valence-electron chi connectivity index (χ0n) is 68.6. The van der Waals surface area contributed by atoms with E-state index in [2.05, 4.69) is 57.5 Å². The topological polar surface area (TPSA) is 495 Å². The van der Waals surface area contributed by atoms with Gasteiger partial charge in [-0.2, -0.15) is 0 Å². The second-order valence-corrected chi connectivity index (χ2v) is 28.7. The van der Waals surface area contributed by atoms with Gasteiger partial charge in [0.25, 0.3) is 5.91 Å². The van der Waals surface area contributed by atoms with E-state index in [1.807, 2.05) is 24.3 Å². The van der Waals surface area contributed by atoms with Gasteiger partial charge in [-0.25, -0.2) is 14.2 Å². The van der Waals surface area contributed by atoms with E-state index >= 15 is 0 Å². The Morgan fingerprint density at radius 1 is 0.520 bits per heavy atom. The molecule has 6 amide bonds. The number of thiocarbonyl (C=S) groups is 1. The van der Waals surface area contributed by atoms with Crippen molar-refractivity contribution in [2.75, 3.05) is 157 Å². The van der Waals surface area contributed by atoms with Crippen LogP contribution >= 0.6 is 12.2 Å². The molecule has 0 fully saturated rings. The number of benzene rings is 6. The van der Waals surface area contributed by atoms with Crippen molar-refractivity contribution in [3.63, 3.8) is 0 Å². The molecule has 2 aliphatic rings. The van der Waals surface area contributed by atoms with E-state index in [9.17, 15) is 68.0 Å². The first-order valence-corrected chi connectivity index (χ1v) is 40.8. The van der Waals surface area contributed by atoms with Crippen LogP contribution in [0.25, 0.3) is 10.9 Å². The molecule has 10 rings (SSSR count). The number of imidazole rings is 1. The highest BCUT2D eigenvalue weighted by molar-refractivity contribution is 7.80. The first-order valence-electron chi connectivity index (χ1n) is 40.4. The van der Waals surface area contributed by atoms with Gasteiger partial charge in [0.2, 0.25) is 29.5 Å². The molecule has 1 spiro atoms. The van der Waals surface area contributed by atoms with Crippen LogP contribution in [0.3, 0.4) is 0 Å². The number of para-hydroxylation sites is 1. The van der Waals surface area contributed by atoms with Crippen LogP contribution in [-0.2, 0) is 111 Å². The van der Waals surface area contributed by atoms with Crippen molar-refractivity contribution in [2.45, 2.75) is 75.2 Å². The van der Waals surface area contributed by atoms with E-state index < -0.39 is 102 Å². The average molecular weight is 1760 g/mol. The summed E-state index contributed by atoms with van der Waals surface area (Å²) < 4.78 is 87.8. The molecule has 0 saturated carbocycles. The number of aromatic hydroxyl groups is 3. The van der Waals surface area contributed by atoms with Gasteiger partial charge >= 0.3 is 17.9 Å². The molecule has 4 heterocycles. The number of anilines is 1. The summed E-state index contributed by atoms with van der Waals surface area (Å²) in [5, 5.41) is 63.2. The van der Waals surface area contributed by atoms with Crippen molar-refractivity contribution in [2.24, 2.45) is 0 Å². The molecule has 0 radical (unpaired) electrons. The molecule has 0 unspecified atom stereocenters. The highest BCUT2D eigenvalue weighted by Gasteiger charge is 2.54. The summed E-state index contributed by atoms with van der Waals surface area (Å²) >= 11 is 5.48. The second-order valence-electron chi connectivity index (χ2n) is 28.3. The monoisotopic (exact) mass is 1760 g/mol. The minimum atomic E-state index is -1.51. The minimum Gasteiger partial charge on any atom is -0.508 e. The number of carbonyl (C=O) groups is 9. The van der Waals surface area contributed by atoms with Crippen molar-refractivity contribution < 1.29 is 130 Å². The number of fused-ring (bicyclic) bond motifs is 7. The van der Waals surface area contributed by atoms with Crippen molar-refractivity contribution in [3.8, 4) is 34.5 Å². The summed E-state index contributed by atoms with van der Waals surface area (Å²) in [6.45, 7) is 6.71. The summed E-state index contributed by atoms with van der Waals surface area (Å²) in [7, 11) is 0. The van der Waals surface area contributed by atoms with Gasteiger partial charge in [0.05, 0.1) is 156 Å². The molecular weight excluding hydrogens is 1650 g/mol. The number of nitrogens with zero attached hydrogens (tertiary/aromatic N) is 1. The first-order chi connectivity index (χ1) is 60.6. The minimum absolute atomic E-state index is 0.00000123. The van der Waals surface area contributed by atoms with E-state index in [1.54, 1.807) is 36.5 Å². The SMILES string of the molecule is CC(=O)N[C@@H](Cc1c[nH]cn1)C(=O)N[C@@H](CCC(=O)O)C(=O)N[C@@H](Cc1ccc(O)cc1)C(=O)N[C@@H](Cc1c[nH]c2ccccc12)C(=O)NCCOCCOCCOCCOCCNC(=O)c1ccc(OC(=O)CCOCCOCCOCCOCCOCCOCCNC(=S)Nc2ccc3c(c2)C(=O)OC32c3ccc(O)cc3Oc3cc(O)ccc32)c(F)c1. The maximum absolute atomic E-state index is 14.9. The van der Waals surface area contributed by atoms with Crippen LogP contribution in [0.2, 0.25) is 0 Å². The van der Waals surface area contributed by atoms with Crippen LogP contribution in [0, 0.1) is 5.82 Å². The highest BCUT2D eigenvalue weighted by Crippen LogP contribution is 2.57. The Balaban J connectivity index is 0.504. The Hall–Kier alpha value is -12.3. The first kappa shape index (κ1) is 95.0. The van der Waals surface area contributed by atoms with Crippen molar-refractivity contribution in [1.29, 1.82) is 0 Å². The summed E-state index contributed by atoms with van der Waals surface area (Å²) in [6.07, 6.45) is 3.24. The van der Waals surface area contributed by atoms with Crippen LogP contribution in [0.15, 0.2) is 140 Å². The van der Waals surface area contributed by atoms with E-state index in [4.69, 9.17) is 73.8 Å². The number of carboxylic acids is 1. The fourth-order valence-electron chi connectivity index (χ4n) is 13.1. The number of hydrogen-bond donors (Lipinski definition) is 14. The molecule has 125 heavy (non-hydrogen) atoms. The van der Waals surface area contributed by atoms with E-state index in [0.29, 0.717) is 116 Å². The molecule has 37 nitrogen and oxygen atoms in total. The number of hydrogen-bond acceptors (Lipinski definition) is 27. The molecule has 0 saturated heterocycles. The van der Waals surface area contributed by atoms with Gasteiger partial charge in [-0.15, -0.1) is 0 Å². The van der Waals surface area contributed by atoms with Crippen LogP contribution in [0.1, 0.15) is 80.4 Å². The molecule has 0 bridgehead atoms. The average Bonchev–Trinajstić information content (AvgIpc) is 1.59. The molecule has 39 heteroatoms. The number of amides is 6. The Morgan fingerprint density at radius 2 is 1.03 bits per heavy atom. The van der Waals surface area contributed by atoms with Gasteiger partial charge in [-0.3, -0.25) is 38.4 Å². The predicted octanol–water partition coefficient (Wildman–Crippen LogP) is 4.56. The number of rotatable bonds is 56. The third-order valence-electron chi connectivity index (χ3n) is 19.2. The van der Waals surface area contributed by atoms with E-state index in [1.165, 1.54) is 80.1 Å². The smallest absolute Gasteiger partial charge is 0.340 e. The normalized spacial score (nSPS) is 13.2. The molecule has 2 aromatic heterocycles. The highest BCUT2D eigenvalue weighted by atomic mass is 32.1. The number of aliphatic carboxylic acids is 1. The maximum atomic E-state index is 14.9. The van der Waals surface area contributed by atoms with Gasteiger partial charge < -0.3 is 135 Å². The van der Waals surface area contributed by atoms with Gasteiger partial charge in [0.1, 0.15) is 52.9 Å². The zero-order valence-corrected chi connectivity index (χ0v) is 69.4. The Labute approximate surface area is 723 Å². The summed E-state index contributed by atoms with van der Waals surface area (Å²) in [5.74, 6) is -7.68. The van der Waals surface area contributed by atoms with E-state index in [0.717, 1.165) is 17.0 Å². The standard InChI is InChI=1S/C86H102FN11O26S/c1-54(99)94-73(48-59-52-88-53-93-59)83(110)96-70(17-19-77(103)104)81(108)97-71(44-55-6-10-60(100)11-7-55)82(109)98-72(46-57-51-92-69-5-3-2-4-63(57)69)80(107)90-22-26-114-30-34-118-38-37-117-33-29-113-25-21-89-79(106)56-8-18-74(68(87)45-56)123-78(105)20-24-112-28-32-116-36-40-120-42-43-121-41-39-119-35-31-115-27-23-91-85(125)95-58-9-14-65-64(47-58)84(111)124-86(65)66-15-12-61(101)49-75(66)122-76-50-62(102)13-16-67(76)86/h2-16,18,45,47,49-53,70-73,92,100-102H,17,19-44,46,48H2,1H3,(H,88,93)(H,89,106)(H,90,107)(H,94,99)(H,96,110)(H,97,108)(H,98,109)(H,103,104)(H2,91,95,125)/t70-,71-,72-,73-/m0/s1. The molecule has 14 N–H and O–H groups in total. The number of esters is 2. The lowest BCUT2D eigenvalue weighted by Crippen LogP contribution is -2.59. The van der Waals surface area contributed by atoms with Crippen LogP contribution in [-0.4, -0.2) is 270 Å². The largest absolute Gasteiger partial charge is 0.508 e. The molecule has 2 aliphatic heterocycles. The van der Waals surface area contributed by atoms with Crippen LogP contribution < -0.4 is 52.0 Å². The lowest BCUT2D eigenvalue weighted by molar-refractivity contribution is -0.138. The Bertz CT molecular complexity index is 4860. The number of aromatic amines is 2. The van der Waals surface area contributed by atoms with Crippen molar-refractivity contribution >= 4 is 87.3 Å². The van der Waals surface area contributed by atoms with Crippen molar-refractivity contribution in [3.05, 3.63) is 191 Å². The Kier molecular flexibility index (Phi) is 37.9. The van der Waals surface area contributed by atoms with Gasteiger partial charge in [0.15, 0.2) is 22.3 Å². The predicted molar refractivity (Wildman–Crippen MR) is 449 cm³/mol. The fraction of sp³-hybridized carbons (Fsp3) is 0.407. The molecular formula is C86H102FN11O26S. The van der Waals surface area contributed by atoms with Crippen molar-refractivity contribution in [1.82, 2.24) is 52.2 Å². The number of phenolic OH excluding ortho intramolecular Hbond substituents is 3. The molecule has 0 aliphatic carbocycles. The molecule has 4 atom stereocenters. The van der Waals surface area contributed by atoms with E-state index in [-0.39, 0.29) is 152 Å². The number of ether oxygens (including phenoxy) is 13. The second kappa shape index (κ2) is 49.9. The summed E-state index contributed by atoms with van der Waals surface area (Å²) in [4.78, 5) is 129. The summed E-state index contributed by atoms with van der Waals surface area (Å²) in [6, 6.07) is 25.6. The third kappa shape index (κ3) is 30.0. The van der Waals surface area contributed by atoms with Gasteiger partial charge in [-0.05, 0) is 103 Å². The number of carboxylic acid groups (broad SMARTS) is 1. The van der Waals surface area contributed by atoms with Gasteiger partial charge in [-0.1, -0.05) is 36.4 Å². The number of nitrogens with one attached hydrogen (secondary N) is 10. The Morgan fingerprint density at radius 3 is 1.59 bits per heavy atom. The fourth-order valence-corrected chi connectivity index (χ4v) is 13.4. The number of H-pyrrole nitrogens is 2. The van der Waals surface area contributed by atoms with Crippen LogP contribution in [0.5, 0.6) is 34.5 Å². The summed E-state index contributed by atoms with van der Waals surface area (Å²) in [5.41, 5.74) is 3.47. The molecule has 6 aromatic carbocycles. The number of carbonyl (C=O) groups excluding carboxylic acids is 8. The molecule has 8 aromatic rings. The number of halogens is 1. The lowest BCUT2D eigenvalue weighted by atomic mass is 9.77. The maximum Gasteiger partial charge on any atom is 0.340 e. The quantitative estimate of drug-likeness (QED) is 0.0107. The molecule has 670 valence electrons. The lowest BCUT2D eigenvalue weighted by Gasteiger charge is -2.36. The number of phenols is 3. The van der Waals surface area contributed by atoms with Crippen LogP contribution in [0.4, 0.5) is 10.1 Å². The van der Waals surface area contributed by atoms with Gasteiger partial charge in [0, 0.05) is 116 Å².